The van der Waals surface area contributed by atoms with Gasteiger partial charge in [-0.2, -0.15) is 0 Å². The Kier molecular flexibility index (Phi) is 7.31. The average molecular weight is 499 g/mol. The third-order valence-corrected chi connectivity index (χ3v) is 7.16. The van der Waals surface area contributed by atoms with Crippen LogP contribution in [0.4, 0.5) is 5.69 Å². The molecule has 184 valence electrons. The van der Waals surface area contributed by atoms with E-state index in [2.05, 4.69) is 5.32 Å². The van der Waals surface area contributed by atoms with Crippen LogP contribution in [-0.2, 0) is 21.4 Å². The molecule has 1 amide bonds. The summed E-state index contributed by atoms with van der Waals surface area (Å²) in [5, 5.41) is 2.78. The van der Waals surface area contributed by atoms with E-state index < -0.39 is 22.5 Å². The van der Waals surface area contributed by atoms with Gasteiger partial charge in [0.2, 0.25) is 5.91 Å². The molecule has 0 aliphatic carbocycles. The Balaban J connectivity index is 1.58. The molecule has 0 saturated heterocycles. The number of carbonyl (C=O) groups excluding carboxylic acids is 1. The molecule has 1 heterocycles. The van der Waals surface area contributed by atoms with Gasteiger partial charge in [-0.15, -0.1) is 0 Å². The van der Waals surface area contributed by atoms with Gasteiger partial charge in [-0.25, -0.2) is 8.42 Å². The van der Waals surface area contributed by atoms with E-state index in [1.54, 1.807) is 61.7 Å². The molecule has 35 heavy (non-hydrogen) atoms. The van der Waals surface area contributed by atoms with E-state index in [4.69, 9.17) is 18.9 Å². The van der Waals surface area contributed by atoms with Crippen molar-refractivity contribution in [3.05, 3.63) is 72.3 Å². The second-order valence-corrected chi connectivity index (χ2v) is 9.48. The molecule has 9 nitrogen and oxygen atoms in total. The van der Waals surface area contributed by atoms with Crippen LogP contribution in [0.5, 0.6) is 23.0 Å². The summed E-state index contributed by atoms with van der Waals surface area (Å²) in [5.41, 5.74) is 1.06. The maximum atomic E-state index is 13.5. The SMILES string of the molecule is COc1ccc(CNC(=O)CN(c2ccc3c(c2)OCCO3)S(=O)(=O)c2ccccc2)cc1OC. The average Bonchev–Trinajstić information content (AvgIpc) is 2.90. The van der Waals surface area contributed by atoms with E-state index in [0.717, 1.165) is 9.87 Å². The fourth-order valence-corrected chi connectivity index (χ4v) is 5.03. The fraction of sp³-hybridized carbons (Fsp3) is 0.240. The summed E-state index contributed by atoms with van der Waals surface area (Å²) in [6.07, 6.45) is 0. The molecule has 0 saturated carbocycles. The quantitative estimate of drug-likeness (QED) is 0.484. The highest BCUT2D eigenvalue weighted by Crippen LogP contribution is 2.35. The van der Waals surface area contributed by atoms with Crippen molar-refractivity contribution in [2.75, 3.05) is 38.3 Å². The molecule has 0 unspecified atom stereocenters. The number of carbonyl (C=O) groups is 1. The number of benzene rings is 3. The molecular weight excluding hydrogens is 472 g/mol. The van der Waals surface area contributed by atoms with Crippen LogP contribution in [0.15, 0.2) is 71.6 Å². The lowest BCUT2D eigenvalue weighted by Crippen LogP contribution is -2.40. The summed E-state index contributed by atoms with van der Waals surface area (Å²) >= 11 is 0. The predicted molar refractivity (Wildman–Crippen MR) is 130 cm³/mol. The number of hydrogen-bond acceptors (Lipinski definition) is 7. The first-order valence-corrected chi connectivity index (χ1v) is 12.3. The van der Waals surface area contributed by atoms with Gasteiger partial charge in [0.1, 0.15) is 19.8 Å². The highest BCUT2D eigenvalue weighted by Gasteiger charge is 2.28. The Morgan fingerprint density at radius 2 is 1.63 bits per heavy atom. The fourth-order valence-electron chi connectivity index (χ4n) is 3.60. The number of amides is 1. The number of ether oxygens (including phenoxy) is 4. The van der Waals surface area contributed by atoms with Crippen molar-refractivity contribution in [3.63, 3.8) is 0 Å². The van der Waals surface area contributed by atoms with Crippen molar-refractivity contribution in [1.29, 1.82) is 0 Å². The van der Waals surface area contributed by atoms with Crippen LogP contribution in [0, 0.1) is 0 Å². The number of methoxy groups -OCH3 is 2. The lowest BCUT2D eigenvalue weighted by molar-refractivity contribution is -0.119. The van der Waals surface area contributed by atoms with Crippen molar-refractivity contribution in [3.8, 4) is 23.0 Å². The summed E-state index contributed by atoms with van der Waals surface area (Å²) < 4.78 is 49.8. The summed E-state index contributed by atoms with van der Waals surface area (Å²) in [7, 11) is -0.970. The Morgan fingerprint density at radius 3 is 2.34 bits per heavy atom. The highest BCUT2D eigenvalue weighted by atomic mass is 32.2. The number of nitrogens with zero attached hydrogens (tertiary/aromatic N) is 1. The Morgan fingerprint density at radius 1 is 0.914 bits per heavy atom. The van der Waals surface area contributed by atoms with Crippen molar-refractivity contribution >= 4 is 21.6 Å². The molecule has 0 aromatic heterocycles. The van der Waals surface area contributed by atoms with E-state index >= 15 is 0 Å². The highest BCUT2D eigenvalue weighted by molar-refractivity contribution is 7.92. The minimum absolute atomic E-state index is 0.0718. The maximum Gasteiger partial charge on any atom is 0.264 e. The summed E-state index contributed by atoms with van der Waals surface area (Å²) in [6, 6.07) is 18.0. The summed E-state index contributed by atoms with van der Waals surface area (Å²) in [4.78, 5) is 13.0. The zero-order chi connectivity index (χ0) is 24.8. The minimum Gasteiger partial charge on any atom is -0.493 e. The number of fused-ring (bicyclic) bond motifs is 1. The van der Waals surface area contributed by atoms with E-state index in [-0.39, 0.29) is 11.4 Å². The van der Waals surface area contributed by atoms with Crippen LogP contribution >= 0.6 is 0 Å². The lowest BCUT2D eigenvalue weighted by Gasteiger charge is -2.26. The summed E-state index contributed by atoms with van der Waals surface area (Å²) in [6.45, 7) is 0.522. The molecule has 0 bridgehead atoms. The van der Waals surface area contributed by atoms with Crippen molar-refractivity contribution in [1.82, 2.24) is 5.32 Å². The zero-order valence-electron chi connectivity index (χ0n) is 19.4. The first-order chi connectivity index (χ1) is 16.9. The van der Waals surface area contributed by atoms with Gasteiger partial charge in [0.05, 0.1) is 24.8 Å². The molecule has 1 N–H and O–H groups in total. The van der Waals surface area contributed by atoms with E-state index in [1.807, 2.05) is 0 Å². The van der Waals surface area contributed by atoms with Crippen molar-refractivity contribution in [2.24, 2.45) is 0 Å². The first-order valence-electron chi connectivity index (χ1n) is 10.9. The van der Waals surface area contributed by atoms with E-state index in [9.17, 15) is 13.2 Å². The number of sulfonamides is 1. The molecule has 3 aromatic carbocycles. The third-order valence-electron chi connectivity index (χ3n) is 5.37. The Labute approximate surface area is 204 Å². The van der Waals surface area contributed by atoms with Gasteiger partial charge in [-0.05, 0) is 42.0 Å². The van der Waals surface area contributed by atoms with E-state index in [1.165, 1.54) is 19.2 Å². The van der Waals surface area contributed by atoms with Gasteiger partial charge < -0.3 is 24.3 Å². The molecule has 0 atom stereocenters. The smallest absolute Gasteiger partial charge is 0.264 e. The van der Waals surface area contributed by atoms with Crippen LogP contribution < -0.4 is 28.6 Å². The first kappa shape index (κ1) is 24.2. The molecule has 4 rings (SSSR count). The maximum absolute atomic E-state index is 13.5. The van der Waals surface area contributed by atoms with Gasteiger partial charge in [-0.3, -0.25) is 9.10 Å². The standard InChI is InChI=1S/C25H26N2O7S/c1-31-21-10-8-18(14-23(21)32-2)16-26-25(28)17-27(35(29,30)20-6-4-3-5-7-20)19-9-11-22-24(15-19)34-13-12-33-22/h3-11,14-15H,12-13,16-17H2,1-2H3,(H,26,28). The molecule has 0 radical (unpaired) electrons. The molecular formula is C25H26N2O7S. The predicted octanol–water partition coefficient (Wildman–Crippen LogP) is 2.99. The number of anilines is 1. The second kappa shape index (κ2) is 10.6. The van der Waals surface area contributed by atoms with Gasteiger partial charge >= 0.3 is 0 Å². The largest absolute Gasteiger partial charge is 0.493 e. The molecule has 1 aliphatic heterocycles. The van der Waals surface area contributed by atoms with Crippen LogP contribution in [-0.4, -0.2) is 48.3 Å². The number of nitrogens with one attached hydrogen (secondary N) is 1. The number of rotatable bonds is 9. The Bertz CT molecular complexity index is 1300. The van der Waals surface area contributed by atoms with Gasteiger partial charge in [-0.1, -0.05) is 24.3 Å². The molecule has 0 fully saturated rings. The van der Waals surface area contributed by atoms with E-state index in [0.29, 0.717) is 41.9 Å². The lowest BCUT2D eigenvalue weighted by atomic mass is 10.2. The van der Waals surface area contributed by atoms with Gasteiger partial charge in [0, 0.05) is 12.6 Å². The Hall–Kier alpha value is -3.92. The van der Waals surface area contributed by atoms with Crippen LogP contribution in [0.1, 0.15) is 5.56 Å². The van der Waals surface area contributed by atoms with Crippen LogP contribution in [0.2, 0.25) is 0 Å². The molecule has 0 spiro atoms. The third kappa shape index (κ3) is 5.43. The number of hydrogen-bond donors (Lipinski definition) is 1. The molecule has 3 aromatic rings. The van der Waals surface area contributed by atoms with Crippen LogP contribution in [0.25, 0.3) is 0 Å². The molecule has 10 heteroatoms. The van der Waals surface area contributed by atoms with Crippen molar-refractivity contribution in [2.45, 2.75) is 11.4 Å². The van der Waals surface area contributed by atoms with Crippen LogP contribution in [0.3, 0.4) is 0 Å². The monoisotopic (exact) mass is 498 g/mol. The van der Waals surface area contributed by atoms with Gasteiger partial charge in [0.15, 0.2) is 23.0 Å². The minimum atomic E-state index is -4.04. The van der Waals surface area contributed by atoms with Gasteiger partial charge in [0.25, 0.3) is 10.0 Å². The normalized spacial score (nSPS) is 12.5. The summed E-state index contributed by atoms with van der Waals surface area (Å²) in [5.74, 6) is 1.57. The molecule has 1 aliphatic rings. The zero-order valence-corrected chi connectivity index (χ0v) is 20.2. The van der Waals surface area contributed by atoms with Crippen molar-refractivity contribution < 1.29 is 32.2 Å². The topological polar surface area (TPSA) is 103 Å². The second-order valence-electron chi connectivity index (χ2n) is 7.62.